The Bertz CT molecular complexity index is 451. The van der Waals surface area contributed by atoms with Crippen LogP contribution in [0.3, 0.4) is 0 Å². The van der Waals surface area contributed by atoms with Crippen LogP contribution in [0.25, 0.3) is 0 Å². The molecule has 0 heterocycles. The van der Waals surface area contributed by atoms with Crippen LogP contribution in [0.5, 0.6) is 0 Å². The number of aldehydes is 1. The fourth-order valence-electron chi connectivity index (χ4n) is 1.50. The average Bonchev–Trinajstić information content (AvgIpc) is 2.30. The summed E-state index contributed by atoms with van der Waals surface area (Å²) in [6.45, 7) is 5.23. The number of likely N-dealkylation sites (N-methyl/N-ethyl adjacent to an activating group) is 1. The van der Waals surface area contributed by atoms with Crippen molar-refractivity contribution >= 4 is 12.4 Å². The van der Waals surface area contributed by atoms with E-state index in [0.717, 1.165) is 0 Å². The standard InChI is InChI=1S/C14H18FNO3/c1-14(2,3)19-13(18)16(4)12(9-17)10-5-7-11(15)8-6-10/h5-9,12H,1-4H3. The average molecular weight is 267 g/mol. The minimum absolute atomic E-state index is 0.395. The molecule has 1 aromatic rings. The molecule has 0 aromatic heterocycles. The molecule has 1 rings (SSSR count). The Morgan fingerprint density at radius 1 is 1.32 bits per heavy atom. The van der Waals surface area contributed by atoms with Gasteiger partial charge in [-0.15, -0.1) is 0 Å². The molecule has 104 valence electrons. The lowest BCUT2D eigenvalue weighted by Gasteiger charge is -2.28. The summed E-state index contributed by atoms with van der Waals surface area (Å²) in [6.07, 6.45) is 0.0193. The number of ether oxygens (including phenoxy) is 1. The first-order chi connectivity index (χ1) is 8.74. The highest BCUT2D eigenvalue weighted by Crippen LogP contribution is 2.20. The van der Waals surface area contributed by atoms with Crippen molar-refractivity contribution in [2.45, 2.75) is 32.4 Å². The molecule has 5 heteroatoms. The van der Waals surface area contributed by atoms with E-state index in [1.165, 1.54) is 36.2 Å². The number of nitrogens with zero attached hydrogens (tertiary/aromatic N) is 1. The molecule has 0 saturated carbocycles. The van der Waals surface area contributed by atoms with Crippen molar-refractivity contribution < 1.29 is 18.7 Å². The smallest absolute Gasteiger partial charge is 0.410 e. The monoisotopic (exact) mass is 267 g/mol. The van der Waals surface area contributed by atoms with E-state index in [-0.39, 0.29) is 0 Å². The molecule has 0 aliphatic heterocycles. The van der Waals surface area contributed by atoms with Gasteiger partial charge in [0, 0.05) is 7.05 Å². The van der Waals surface area contributed by atoms with E-state index in [2.05, 4.69) is 0 Å². The third-order valence-corrected chi connectivity index (χ3v) is 2.44. The molecule has 0 aliphatic rings. The quantitative estimate of drug-likeness (QED) is 0.791. The molecule has 0 saturated heterocycles. The van der Waals surface area contributed by atoms with Gasteiger partial charge in [0.25, 0.3) is 0 Å². The van der Waals surface area contributed by atoms with Crippen LogP contribution in [0.2, 0.25) is 0 Å². The van der Waals surface area contributed by atoms with Gasteiger partial charge in [0.05, 0.1) is 0 Å². The zero-order chi connectivity index (χ0) is 14.6. The lowest BCUT2D eigenvalue weighted by Crippen LogP contribution is -2.37. The summed E-state index contributed by atoms with van der Waals surface area (Å²) < 4.78 is 18.0. The molecule has 0 radical (unpaired) electrons. The Labute approximate surface area is 112 Å². The first-order valence-corrected chi connectivity index (χ1v) is 5.91. The minimum atomic E-state index is -0.796. The van der Waals surface area contributed by atoms with Crippen LogP contribution in [-0.2, 0) is 9.53 Å². The maximum atomic E-state index is 12.8. The number of carbonyl (C=O) groups excluding carboxylic acids is 2. The predicted octanol–water partition coefficient (Wildman–Crippen LogP) is 2.93. The predicted molar refractivity (Wildman–Crippen MR) is 69.2 cm³/mol. The van der Waals surface area contributed by atoms with Crippen molar-refractivity contribution in [1.82, 2.24) is 4.90 Å². The largest absolute Gasteiger partial charge is 0.444 e. The molecular formula is C14H18FNO3. The van der Waals surface area contributed by atoms with Crippen molar-refractivity contribution in [3.63, 3.8) is 0 Å². The molecule has 0 bridgehead atoms. The maximum absolute atomic E-state index is 12.8. The van der Waals surface area contributed by atoms with Crippen LogP contribution >= 0.6 is 0 Å². The van der Waals surface area contributed by atoms with E-state index in [9.17, 15) is 14.0 Å². The molecule has 4 nitrogen and oxygen atoms in total. The van der Waals surface area contributed by atoms with Gasteiger partial charge >= 0.3 is 6.09 Å². The van der Waals surface area contributed by atoms with Gasteiger partial charge in [-0.05, 0) is 38.5 Å². The second kappa shape index (κ2) is 5.82. The van der Waals surface area contributed by atoms with Gasteiger partial charge in [-0.1, -0.05) is 12.1 Å². The lowest BCUT2D eigenvalue weighted by atomic mass is 10.1. The van der Waals surface area contributed by atoms with Crippen LogP contribution < -0.4 is 0 Å². The van der Waals surface area contributed by atoms with Crippen molar-refractivity contribution in [3.8, 4) is 0 Å². The maximum Gasteiger partial charge on any atom is 0.410 e. The van der Waals surface area contributed by atoms with Gasteiger partial charge in [0.2, 0.25) is 0 Å². The van der Waals surface area contributed by atoms with Crippen LogP contribution in [0, 0.1) is 5.82 Å². The van der Waals surface area contributed by atoms with Gasteiger partial charge in [-0.2, -0.15) is 0 Å². The zero-order valence-corrected chi connectivity index (χ0v) is 11.5. The number of benzene rings is 1. The number of amides is 1. The summed E-state index contributed by atoms with van der Waals surface area (Å²) in [5.74, 6) is -0.395. The molecule has 0 aliphatic carbocycles. The van der Waals surface area contributed by atoms with Crippen molar-refractivity contribution in [2.75, 3.05) is 7.05 Å². The first-order valence-electron chi connectivity index (χ1n) is 5.91. The van der Waals surface area contributed by atoms with Crippen LogP contribution in [0.15, 0.2) is 24.3 Å². The van der Waals surface area contributed by atoms with Gasteiger partial charge in [-0.3, -0.25) is 4.90 Å². The number of halogens is 1. The molecule has 0 fully saturated rings. The summed E-state index contributed by atoms with van der Waals surface area (Å²) in [6, 6.07) is 4.63. The Morgan fingerprint density at radius 2 is 1.84 bits per heavy atom. The molecule has 1 atom stereocenters. The molecule has 0 N–H and O–H groups in total. The molecule has 1 amide bonds. The highest BCUT2D eigenvalue weighted by atomic mass is 19.1. The second-order valence-corrected chi connectivity index (χ2v) is 5.22. The molecule has 0 spiro atoms. The topological polar surface area (TPSA) is 46.6 Å². The Morgan fingerprint density at radius 3 is 2.26 bits per heavy atom. The Balaban J connectivity index is 2.88. The summed E-state index contributed by atoms with van der Waals surface area (Å²) in [5.41, 5.74) is -0.105. The second-order valence-electron chi connectivity index (χ2n) is 5.22. The highest BCUT2D eigenvalue weighted by Gasteiger charge is 2.26. The summed E-state index contributed by atoms with van der Waals surface area (Å²) in [5, 5.41) is 0. The number of hydrogen-bond donors (Lipinski definition) is 0. The normalized spacial score (nSPS) is 12.7. The van der Waals surface area contributed by atoms with Crippen LogP contribution in [0.4, 0.5) is 9.18 Å². The van der Waals surface area contributed by atoms with Crippen LogP contribution in [-0.4, -0.2) is 29.9 Å². The molecule has 1 unspecified atom stereocenters. The van der Waals surface area contributed by atoms with Gasteiger partial charge < -0.3 is 9.53 Å². The lowest BCUT2D eigenvalue weighted by molar-refractivity contribution is -0.112. The third kappa shape index (κ3) is 4.35. The van der Waals surface area contributed by atoms with Gasteiger partial charge in [0.15, 0.2) is 0 Å². The molecule has 1 aromatic carbocycles. The van der Waals surface area contributed by atoms with E-state index in [4.69, 9.17) is 4.74 Å². The molecule has 19 heavy (non-hydrogen) atoms. The number of rotatable bonds is 3. The van der Waals surface area contributed by atoms with Crippen LogP contribution in [0.1, 0.15) is 32.4 Å². The first kappa shape index (κ1) is 15.1. The number of hydrogen-bond acceptors (Lipinski definition) is 3. The summed E-state index contributed by atoms with van der Waals surface area (Å²) in [4.78, 5) is 24.2. The van der Waals surface area contributed by atoms with Crippen molar-refractivity contribution in [1.29, 1.82) is 0 Å². The molecular weight excluding hydrogens is 249 g/mol. The third-order valence-electron chi connectivity index (χ3n) is 2.44. The highest BCUT2D eigenvalue weighted by molar-refractivity contribution is 5.74. The number of carbonyl (C=O) groups is 2. The van der Waals surface area contributed by atoms with Crippen molar-refractivity contribution in [3.05, 3.63) is 35.6 Å². The minimum Gasteiger partial charge on any atom is -0.444 e. The van der Waals surface area contributed by atoms with Gasteiger partial charge in [0.1, 0.15) is 23.7 Å². The Kier molecular flexibility index (Phi) is 4.64. The van der Waals surface area contributed by atoms with E-state index >= 15 is 0 Å². The summed E-state index contributed by atoms with van der Waals surface area (Å²) >= 11 is 0. The zero-order valence-electron chi connectivity index (χ0n) is 11.5. The summed E-state index contributed by atoms with van der Waals surface area (Å²) in [7, 11) is 1.47. The van der Waals surface area contributed by atoms with Crippen molar-refractivity contribution in [2.24, 2.45) is 0 Å². The fourth-order valence-corrected chi connectivity index (χ4v) is 1.50. The van der Waals surface area contributed by atoms with E-state index in [1.54, 1.807) is 20.8 Å². The van der Waals surface area contributed by atoms with E-state index < -0.39 is 23.6 Å². The fraction of sp³-hybridized carbons (Fsp3) is 0.429. The van der Waals surface area contributed by atoms with E-state index in [1.807, 2.05) is 0 Å². The van der Waals surface area contributed by atoms with E-state index in [0.29, 0.717) is 11.8 Å². The van der Waals surface area contributed by atoms with Gasteiger partial charge in [-0.25, -0.2) is 9.18 Å². The Hall–Kier alpha value is -1.91. The SMILES string of the molecule is CN(C(=O)OC(C)(C)C)C(C=O)c1ccc(F)cc1.